The Morgan fingerprint density at radius 1 is 1.56 bits per heavy atom. The molecule has 1 aromatic heterocycles. The van der Waals surface area contributed by atoms with E-state index in [1.165, 1.54) is 29.7 Å². The lowest BCUT2D eigenvalue weighted by Gasteiger charge is -2.18. The van der Waals surface area contributed by atoms with Crippen LogP contribution in [0, 0.1) is 0 Å². The molecular weight excluding hydrogens is 222 g/mol. The number of rotatable bonds is 7. The summed E-state index contributed by atoms with van der Waals surface area (Å²) in [6, 6.07) is 4.93. The number of nitrogens with one attached hydrogen (secondary N) is 1. The van der Waals surface area contributed by atoms with Crippen LogP contribution in [0.4, 0.5) is 0 Å². The third kappa shape index (κ3) is 4.24. The van der Waals surface area contributed by atoms with Crippen LogP contribution in [0.1, 0.15) is 31.0 Å². The number of pyridine rings is 1. The van der Waals surface area contributed by atoms with Gasteiger partial charge in [-0.25, -0.2) is 0 Å². The number of hydrogen-bond acceptors (Lipinski definition) is 3. The Kier molecular flexibility index (Phi) is 4.50. The molecule has 0 saturated heterocycles. The molecule has 0 radical (unpaired) electrons. The number of aromatic nitrogens is 1. The predicted molar refractivity (Wildman–Crippen MR) is 75.2 cm³/mol. The van der Waals surface area contributed by atoms with Gasteiger partial charge in [0.25, 0.3) is 0 Å². The summed E-state index contributed by atoms with van der Waals surface area (Å²) in [5, 5.41) is 3.55. The lowest BCUT2D eigenvalue weighted by Crippen LogP contribution is -2.23. The van der Waals surface area contributed by atoms with Gasteiger partial charge in [-0.15, -0.1) is 0 Å². The van der Waals surface area contributed by atoms with E-state index in [0.717, 1.165) is 25.7 Å². The molecule has 1 saturated carbocycles. The zero-order valence-corrected chi connectivity index (χ0v) is 11.4. The summed E-state index contributed by atoms with van der Waals surface area (Å²) in [7, 11) is 2.11. The zero-order valence-electron chi connectivity index (χ0n) is 11.4. The van der Waals surface area contributed by atoms with Crippen LogP contribution in [0.2, 0.25) is 0 Å². The van der Waals surface area contributed by atoms with Crippen LogP contribution in [-0.2, 0) is 13.1 Å². The van der Waals surface area contributed by atoms with E-state index in [4.69, 9.17) is 0 Å². The Morgan fingerprint density at radius 3 is 3.00 bits per heavy atom. The fourth-order valence-electron chi connectivity index (χ4n) is 2.09. The molecule has 1 aromatic rings. The minimum absolute atomic E-state index is 0.742. The normalized spacial score (nSPS) is 15.1. The average molecular weight is 245 g/mol. The maximum Gasteiger partial charge on any atom is 0.0588 e. The van der Waals surface area contributed by atoms with Crippen molar-refractivity contribution in [1.82, 2.24) is 15.2 Å². The fourth-order valence-corrected chi connectivity index (χ4v) is 2.09. The van der Waals surface area contributed by atoms with Gasteiger partial charge < -0.3 is 5.32 Å². The van der Waals surface area contributed by atoms with Gasteiger partial charge in [0.05, 0.1) is 5.69 Å². The molecule has 3 heteroatoms. The minimum atomic E-state index is 0.742. The second-order valence-corrected chi connectivity index (χ2v) is 5.39. The van der Waals surface area contributed by atoms with E-state index in [1.54, 1.807) is 0 Å². The van der Waals surface area contributed by atoms with Crippen LogP contribution < -0.4 is 5.32 Å². The molecule has 0 amide bonds. The summed E-state index contributed by atoms with van der Waals surface area (Å²) < 4.78 is 0. The fraction of sp³-hybridized carbons (Fsp3) is 0.533. The zero-order chi connectivity index (χ0) is 13.0. The first-order valence-electron chi connectivity index (χ1n) is 6.64. The minimum Gasteiger partial charge on any atom is -0.310 e. The highest BCUT2D eigenvalue weighted by Crippen LogP contribution is 2.19. The molecule has 18 heavy (non-hydrogen) atoms. The highest BCUT2D eigenvalue weighted by atomic mass is 15.1. The van der Waals surface area contributed by atoms with Crippen LogP contribution in [0.25, 0.3) is 0 Å². The predicted octanol–water partition coefficient (Wildman–Crippen LogP) is 2.34. The molecule has 0 bridgehead atoms. The Hall–Kier alpha value is -1.19. The standard InChI is InChI=1S/C15H23N3/c1-12(2)10-18(3)11-15-13(5-4-8-16-15)9-17-14-6-7-14/h4-5,8,14,17H,1,6-7,9-11H2,2-3H3. The summed E-state index contributed by atoms with van der Waals surface area (Å²) >= 11 is 0. The molecule has 0 atom stereocenters. The Labute approximate surface area is 110 Å². The molecule has 1 heterocycles. The Bertz CT molecular complexity index is 410. The van der Waals surface area contributed by atoms with Crippen LogP contribution in [-0.4, -0.2) is 29.5 Å². The first kappa shape index (κ1) is 13.2. The van der Waals surface area contributed by atoms with Crippen molar-refractivity contribution in [2.45, 2.75) is 38.9 Å². The maximum atomic E-state index is 4.51. The van der Waals surface area contributed by atoms with Crippen LogP contribution in [0.5, 0.6) is 0 Å². The van der Waals surface area contributed by atoms with Crippen molar-refractivity contribution in [1.29, 1.82) is 0 Å². The third-order valence-electron chi connectivity index (χ3n) is 3.10. The van der Waals surface area contributed by atoms with E-state index < -0.39 is 0 Å². The van der Waals surface area contributed by atoms with Crippen LogP contribution in [0.3, 0.4) is 0 Å². The van der Waals surface area contributed by atoms with E-state index in [2.05, 4.69) is 41.8 Å². The van der Waals surface area contributed by atoms with Gasteiger partial charge in [0.2, 0.25) is 0 Å². The molecule has 0 aromatic carbocycles. The first-order chi connectivity index (χ1) is 8.65. The summed E-state index contributed by atoms with van der Waals surface area (Å²) in [6.07, 6.45) is 4.53. The molecule has 1 aliphatic carbocycles. The smallest absolute Gasteiger partial charge is 0.0588 e. The highest BCUT2D eigenvalue weighted by molar-refractivity contribution is 5.20. The quantitative estimate of drug-likeness (QED) is 0.747. The van der Waals surface area contributed by atoms with Crippen molar-refractivity contribution in [3.05, 3.63) is 41.7 Å². The van der Waals surface area contributed by atoms with Crippen molar-refractivity contribution in [2.24, 2.45) is 0 Å². The molecular formula is C15H23N3. The van der Waals surface area contributed by atoms with Gasteiger partial charge >= 0.3 is 0 Å². The summed E-state index contributed by atoms with van der Waals surface area (Å²) in [6.45, 7) is 8.76. The summed E-state index contributed by atoms with van der Waals surface area (Å²) in [4.78, 5) is 6.77. The molecule has 1 N–H and O–H groups in total. The number of likely N-dealkylation sites (N-methyl/N-ethyl adjacent to an activating group) is 1. The first-order valence-corrected chi connectivity index (χ1v) is 6.64. The van der Waals surface area contributed by atoms with Crippen molar-refractivity contribution in [3.8, 4) is 0 Å². The summed E-state index contributed by atoms with van der Waals surface area (Å²) in [5.74, 6) is 0. The monoisotopic (exact) mass is 245 g/mol. The molecule has 0 aliphatic heterocycles. The molecule has 3 nitrogen and oxygen atoms in total. The van der Waals surface area contributed by atoms with Gasteiger partial charge in [0.15, 0.2) is 0 Å². The van der Waals surface area contributed by atoms with Gasteiger partial charge in [-0.3, -0.25) is 9.88 Å². The molecule has 1 aliphatic rings. The Morgan fingerprint density at radius 2 is 2.33 bits per heavy atom. The molecule has 2 rings (SSSR count). The second-order valence-electron chi connectivity index (χ2n) is 5.39. The van der Waals surface area contributed by atoms with Gasteiger partial charge in [-0.2, -0.15) is 0 Å². The second kappa shape index (κ2) is 6.12. The Balaban J connectivity index is 1.94. The molecule has 1 fully saturated rings. The van der Waals surface area contributed by atoms with Gasteiger partial charge in [-0.1, -0.05) is 18.2 Å². The van der Waals surface area contributed by atoms with E-state index in [1.807, 2.05) is 12.3 Å². The van der Waals surface area contributed by atoms with E-state index in [9.17, 15) is 0 Å². The van der Waals surface area contributed by atoms with Gasteiger partial charge in [-0.05, 0) is 38.4 Å². The molecule has 0 spiro atoms. The van der Waals surface area contributed by atoms with E-state index in [0.29, 0.717) is 0 Å². The number of nitrogens with zero attached hydrogens (tertiary/aromatic N) is 2. The maximum absolute atomic E-state index is 4.51. The van der Waals surface area contributed by atoms with Crippen molar-refractivity contribution < 1.29 is 0 Å². The van der Waals surface area contributed by atoms with Crippen LogP contribution >= 0.6 is 0 Å². The van der Waals surface area contributed by atoms with E-state index >= 15 is 0 Å². The lowest BCUT2D eigenvalue weighted by molar-refractivity contribution is 0.349. The molecule has 0 unspecified atom stereocenters. The van der Waals surface area contributed by atoms with Crippen molar-refractivity contribution in [2.75, 3.05) is 13.6 Å². The van der Waals surface area contributed by atoms with Crippen LogP contribution in [0.15, 0.2) is 30.5 Å². The third-order valence-corrected chi connectivity index (χ3v) is 3.10. The number of hydrogen-bond donors (Lipinski definition) is 1. The summed E-state index contributed by atoms with van der Waals surface area (Å²) in [5.41, 5.74) is 3.68. The van der Waals surface area contributed by atoms with E-state index in [-0.39, 0.29) is 0 Å². The largest absolute Gasteiger partial charge is 0.310 e. The van der Waals surface area contributed by atoms with Gasteiger partial charge in [0.1, 0.15) is 0 Å². The van der Waals surface area contributed by atoms with Crippen molar-refractivity contribution >= 4 is 0 Å². The van der Waals surface area contributed by atoms with Crippen molar-refractivity contribution in [3.63, 3.8) is 0 Å². The lowest BCUT2D eigenvalue weighted by atomic mass is 10.1. The highest BCUT2D eigenvalue weighted by Gasteiger charge is 2.20. The topological polar surface area (TPSA) is 28.2 Å². The van der Waals surface area contributed by atoms with Gasteiger partial charge in [0, 0.05) is 31.9 Å². The molecule has 98 valence electrons. The SMILES string of the molecule is C=C(C)CN(C)Cc1ncccc1CNC1CC1. The average Bonchev–Trinajstić information content (AvgIpc) is 3.10.